The Kier molecular flexibility index (Phi) is 4.45. The fourth-order valence-corrected chi connectivity index (χ4v) is 2.08. The van der Waals surface area contributed by atoms with Crippen LogP contribution in [0.1, 0.15) is 16.5 Å². The van der Waals surface area contributed by atoms with E-state index in [-0.39, 0.29) is 5.75 Å². The van der Waals surface area contributed by atoms with E-state index >= 15 is 0 Å². The van der Waals surface area contributed by atoms with Crippen molar-refractivity contribution in [2.45, 2.75) is 11.7 Å². The summed E-state index contributed by atoms with van der Waals surface area (Å²) in [6.45, 7) is 0. The first-order chi connectivity index (χ1) is 9.35. The molecular weight excluding hydrogens is 312 g/mol. The van der Waals surface area contributed by atoms with Gasteiger partial charge in [-0.1, -0.05) is 35.9 Å². The lowest BCUT2D eigenvalue weighted by Gasteiger charge is -2.12. The van der Waals surface area contributed by atoms with Gasteiger partial charge in [-0.05, 0) is 35.4 Å². The Hall–Kier alpha value is -1.39. The summed E-state index contributed by atoms with van der Waals surface area (Å²) < 4.78 is 39.9. The van der Waals surface area contributed by atoms with Gasteiger partial charge in [0.25, 0.3) is 0 Å². The third-order valence-corrected chi connectivity index (χ3v) is 3.32. The van der Waals surface area contributed by atoms with Crippen LogP contribution in [0.4, 0.5) is 13.2 Å². The Morgan fingerprint density at radius 3 is 1.75 bits per heavy atom. The van der Waals surface area contributed by atoms with Gasteiger partial charge in [-0.2, -0.15) is 0 Å². The molecule has 0 radical (unpaired) electrons. The number of hydrogen-bond acceptors (Lipinski definition) is 1. The minimum absolute atomic E-state index is 0.277. The van der Waals surface area contributed by atoms with Crippen LogP contribution in [0.5, 0.6) is 5.75 Å². The highest BCUT2D eigenvalue weighted by molar-refractivity contribution is 6.30. The number of alkyl halides is 4. The van der Waals surface area contributed by atoms with E-state index in [1.165, 1.54) is 24.3 Å². The zero-order valence-corrected chi connectivity index (χ0v) is 11.5. The average molecular weight is 321 g/mol. The van der Waals surface area contributed by atoms with E-state index in [2.05, 4.69) is 4.74 Å². The lowest BCUT2D eigenvalue weighted by molar-refractivity contribution is -0.274. The second-order valence-corrected chi connectivity index (χ2v) is 4.90. The van der Waals surface area contributed by atoms with E-state index in [9.17, 15) is 13.2 Å². The van der Waals surface area contributed by atoms with E-state index in [4.69, 9.17) is 23.2 Å². The smallest absolute Gasteiger partial charge is 0.406 e. The Labute approximate surface area is 123 Å². The number of ether oxygens (including phenoxy) is 1. The first-order valence-electron chi connectivity index (χ1n) is 5.60. The van der Waals surface area contributed by atoms with Gasteiger partial charge in [0.05, 0.1) is 5.38 Å². The quantitative estimate of drug-likeness (QED) is 0.672. The van der Waals surface area contributed by atoms with E-state index in [1.807, 2.05) is 0 Å². The molecule has 2 aromatic carbocycles. The van der Waals surface area contributed by atoms with Crippen molar-refractivity contribution in [1.82, 2.24) is 0 Å². The largest absolute Gasteiger partial charge is 0.573 e. The van der Waals surface area contributed by atoms with Crippen LogP contribution in [-0.2, 0) is 0 Å². The lowest BCUT2D eigenvalue weighted by atomic mass is 10.0. The van der Waals surface area contributed by atoms with Crippen LogP contribution in [0.15, 0.2) is 48.5 Å². The van der Waals surface area contributed by atoms with E-state index < -0.39 is 11.7 Å². The van der Waals surface area contributed by atoms with Gasteiger partial charge in [0.1, 0.15) is 5.75 Å². The molecule has 0 saturated carbocycles. The van der Waals surface area contributed by atoms with E-state index in [1.54, 1.807) is 24.3 Å². The summed E-state index contributed by atoms with van der Waals surface area (Å²) in [7, 11) is 0. The van der Waals surface area contributed by atoms with Crippen molar-refractivity contribution in [1.29, 1.82) is 0 Å². The van der Waals surface area contributed by atoms with E-state index in [0.29, 0.717) is 10.6 Å². The Morgan fingerprint density at radius 1 is 0.850 bits per heavy atom. The molecule has 0 aromatic heterocycles. The molecule has 0 heterocycles. The predicted octanol–water partition coefficient (Wildman–Crippen LogP) is 5.57. The second kappa shape index (κ2) is 5.94. The SMILES string of the molecule is FC(F)(F)Oc1ccc(C(Cl)c2ccc(Cl)cc2)cc1. The van der Waals surface area contributed by atoms with Crippen molar-refractivity contribution >= 4 is 23.2 Å². The molecule has 6 heteroatoms. The molecule has 0 amide bonds. The molecule has 1 unspecified atom stereocenters. The molecule has 0 N–H and O–H groups in total. The summed E-state index contributed by atoms with van der Waals surface area (Å²) in [6, 6.07) is 12.4. The fraction of sp³-hybridized carbons (Fsp3) is 0.143. The summed E-state index contributed by atoms with van der Waals surface area (Å²) >= 11 is 12.0. The molecular formula is C14H9Cl2F3O. The third-order valence-electron chi connectivity index (χ3n) is 2.57. The minimum atomic E-state index is -4.70. The van der Waals surface area contributed by atoms with Crippen LogP contribution in [0, 0.1) is 0 Å². The van der Waals surface area contributed by atoms with Crippen LogP contribution in [0.2, 0.25) is 5.02 Å². The third kappa shape index (κ3) is 4.05. The van der Waals surface area contributed by atoms with Crippen LogP contribution in [0.25, 0.3) is 0 Å². The first kappa shape index (κ1) is 15.0. The van der Waals surface area contributed by atoms with Crippen LogP contribution in [0.3, 0.4) is 0 Å². The molecule has 0 saturated heterocycles. The molecule has 2 aromatic rings. The van der Waals surface area contributed by atoms with Crippen molar-refractivity contribution in [3.63, 3.8) is 0 Å². The van der Waals surface area contributed by atoms with Gasteiger partial charge in [-0.25, -0.2) is 0 Å². The zero-order valence-electron chi connectivity index (χ0n) is 9.99. The summed E-state index contributed by atoms with van der Waals surface area (Å²) in [5, 5.41) is 0.124. The number of halogens is 5. The van der Waals surface area contributed by atoms with Crippen molar-refractivity contribution in [2.75, 3.05) is 0 Å². The molecule has 0 aliphatic rings. The molecule has 0 aliphatic heterocycles. The molecule has 0 fully saturated rings. The van der Waals surface area contributed by atoms with Crippen molar-refractivity contribution in [3.8, 4) is 5.75 Å². The first-order valence-corrected chi connectivity index (χ1v) is 6.42. The second-order valence-electron chi connectivity index (χ2n) is 4.03. The normalized spacial score (nSPS) is 13.1. The molecule has 2 rings (SSSR count). The van der Waals surface area contributed by atoms with Gasteiger partial charge in [0, 0.05) is 5.02 Å². The van der Waals surface area contributed by atoms with Crippen molar-refractivity contribution in [3.05, 3.63) is 64.7 Å². The number of rotatable bonds is 3. The zero-order chi connectivity index (χ0) is 14.8. The summed E-state index contributed by atoms with van der Waals surface area (Å²) in [4.78, 5) is 0. The molecule has 20 heavy (non-hydrogen) atoms. The van der Waals surface area contributed by atoms with Gasteiger partial charge < -0.3 is 4.74 Å². The summed E-state index contributed by atoms with van der Waals surface area (Å²) in [6.07, 6.45) is -4.70. The molecule has 106 valence electrons. The van der Waals surface area contributed by atoms with Crippen molar-refractivity contribution < 1.29 is 17.9 Å². The Morgan fingerprint density at radius 2 is 1.30 bits per heavy atom. The maximum atomic E-state index is 12.0. The predicted molar refractivity (Wildman–Crippen MR) is 72.3 cm³/mol. The van der Waals surface area contributed by atoms with Gasteiger partial charge in [-0.15, -0.1) is 24.8 Å². The van der Waals surface area contributed by atoms with Gasteiger partial charge >= 0.3 is 6.36 Å². The van der Waals surface area contributed by atoms with Crippen molar-refractivity contribution in [2.24, 2.45) is 0 Å². The molecule has 0 aliphatic carbocycles. The maximum absolute atomic E-state index is 12.0. The Balaban J connectivity index is 2.15. The molecule has 0 spiro atoms. The van der Waals surface area contributed by atoms with Crippen LogP contribution >= 0.6 is 23.2 Å². The summed E-state index contributed by atoms with van der Waals surface area (Å²) in [5.74, 6) is -0.277. The van der Waals surface area contributed by atoms with Gasteiger partial charge in [-0.3, -0.25) is 0 Å². The standard InChI is InChI=1S/C14H9Cl2F3O/c15-11-5-1-9(2-6-11)13(16)10-3-7-12(8-4-10)20-14(17,18)19/h1-8,13H. The monoisotopic (exact) mass is 320 g/mol. The van der Waals surface area contributed by atoms with Crippen LogP contribution < -0.4 is 4.74 Å². The minimum Gasteiger partial charge on any atom is -0.406 e. The van der Waals surface area contributed by atoms with Crippen LogP contribution in [-0.4, -0.2) is 6.36 Å². The molecule has 1 atom stereocenters. The highest BCUT2D eigenvalue weighted by atomic mass is 35.5. The van der Waals surface area contributed by atoms with E-state index in [0.717, 1.165) is 5.56 Å². The average Bonchev–Trinajstić information content (AvgIpc) is 2.38. The Bertz CT molecular complexity index is 564. The summed E-state index contributed by atoms with van der Waals surface area (Å²) in [5.41, 5.74) is 1.48. The lowest BCUT2D eigenvalue weighted by Crippen LogP contribution is -2.17. The fourth-order valence-electron chi connectivity index (χ4n) is 1.66. The number of benzene rings is 2. The highest BCUT2D eigenvalue weighted by Gasteiger charge is 2.31. The topological polar surface area (TPSA) is 9.23 Å². The maximum Gasteiger partial charge on any atom is 0.573 e. The molecule has 0 bridgehead atoms. The van der Waals surface area contributed by atoms with Gasteiger partial charge in [0.15, 0.2) is 0 Å². The molecule has 1 nitrogen and oxygen atoms in total. The highest BCUT2D eigenvalue weighted by Crippen LogP contribution is 2.31. The van der Waals surface area contributed by atoms with Gasteiger partial charge in [0.2, 0.25) is 0 Å². The number of hydrogen-bond donors (Lipinski definition) is 0.